The standard InChI is InChI=1S/C18H21FO4.C13H18O4/c1-12(23-11-13-4-7-15(21-2)8-5-13)18(20)16-9-6-14(19)10-17(16)22-3;1-4-16-13(14)10(2)17-9-11-5-7-12(15-3)8-6-11/h4-10,12,18,20H,11H2,1-3H3;5-8,10H,4,9H2,1-3H3/t12-,18-;10-/m00/s1. The minimum absolute atomic E-state index is 0.303. The summed E-state index contributed by atoms with van der Waals surface area (Å²) in [6.07, 6.45) is -1.93. The number of hydrogen-bond acceptors (Lipinski definition) is 8. The minimum Gasteiger partial charge on any atom is -0.497 e. The Balaban J connectivity index is 0.000000294. The molecule has 1 N–H and O–H groups in total. The van der Waals surface area contributed by atoms with Crippen LogP contribution >= 0.6 is 0 Å². The SMILES string of the molecule is CCOC(=O)[C@H](C)OCc1ccc(OC)cc1.COc1ccc(CO[C@@H](C)[C@H](O)c2ccc(F)cc2OC)cc1. The third-order valence-electron chi connectivity index (χ3n) is 5.91. The molecule has 3 aromatic carbocycles. The third kappa shape index (κ3) is 10.5. The predicted octanol–water partition coefficient (Wildman–Crippen LogP) is 5.65. The zero-order valence-corrected chi connectivity index (χ0v) is 23.9. The van der Waals surface area contributed by atoms with Gasteiger partial charge in [0.1, 0.15) is 29.2 Å². The fourth-order valence-electron chi connectivity index (χ4n) is 3.49. The van der Waals surface area contributed by atoms with Crippen molar-refractivity contribution in [2.24, 2.45) is 0 Å². The normalized spacial score (nSPS) is 12.8. The Morgan fingerprint density at radius 2 is 1.32 bits per heavy atom. The van der Waals surface area contributed by atoms with Crippen LogP contribution in [-0.4, -0.2) is 51.2 Å². The van der Waals surface area contributed by atoms with E-state index in [0.717, 1.165) is 22.6 Å². The number of hydrogen-bond donors (Lipinski definition) is 1. The number of methoxy groups -OCH3 is 3. The molecule has 0 saturated carbocycles. The Bertz CT molecular complexity index is 1150. The maximum atomic E-state index is 13.2. The maximum Gasteiger partial charge on any atom is 0.334 e. The molecule has 3 rings (SSSR count). The van der Waals surface area contributed by atoms with E-state index in [4.69, 9.17) is 28.4 Å². The van der Waals surface area contributed by atoms with Gasteiger partial charge in [-0.3, -0.25) is 0 Å². The monoisotopic (exact) mass is 558 g/mol. The van der Waals surface area contributed by atoms with Gasteiger partial charge >= 0.3 is 5.97 Å². The highest BCUT2D eigenvalue weighted by molar-refractivity contribution is 5.74. The van der Waals surface area contributed by atoms with Gasteiger partial charge in [0.15, 0.2) is 6.10 Å². The average molecular weight is 559 g/mol. The van der Waals surface area contributed by atoms with Crippen molar-refractivity contribution >= 4 is 5.97 Å². The highest BCUT2D eigenvalue weighted by Crippen LogP contribution is 2.29. The van der Waals surface area contributed by atoms with E-state index >= 15 is 0 Å². The van der Waals surface area contributed by atoms with Crippen LogP contribution in [0.5, 0.6) is 17.2 Å². The molecule has 0 fully saturated rings. The van der Waals surface area contributed by atoms with Crippen molar-refractivity contribution in [2.75, 3.05) is 27.9 Å². The predicted molar refractivity (Wildman–Crippen MR) is 149 cm³/mol. The zero-order valence-electron chi connectivity index (χ0n) is 23.9. The van der Waals surface area contributed by atoms with Crippen molar-refractivity contribution in [3.05, 3.63) is 89.2 Å². The van der Waals surface area contributed by atoms with Crippen molar-refractivity contribution in [3.8, 4) is 17.2 Å². The van der Waals surface area contributed by atoms with Crippen LogP contribution in [-0.2, 0) is 32.2 Å². The first-order chi connectivity index (χ1) is 19.2. The number of benzene rings is 3. The van der Waals surface area contributed by atoms with Gasteiger partial charge in [-0.05, 0) is 68.3 Å². The smallest absolute Gasteiger partial charge is 0.334 e. The van der Waals surface area contributed by atoms with E-state index in [1.54, 1.807) is 35.0 Å². The first kappa shape index (κ1) is 32.6. The fraction of sp³-hybridized carbons (Fsp3) is 0.387. The van der Waals surface area contributed by atoms with E-state index in [9.17, 15) is 14.3 Å². The number of carbonyl (C=O) groups is 1. The van der Waals surface area contributed by atoms with Crippen LogP contribution in [0.3, 0.4) is 0 Å². The van der Waals surface area contributed by atoms with Crippen LogP contribution in [0.15, 0.2) is 66.7 Å². The summed E-state index contributed by atoms with van der Waals surface area (Å²) < 4.78 is 44.4. The van der Waals surface area contributed by atoms with E-state index in [1.165, 1.54) is 25.3 Å². The van der Waals surface area contributed by atoms with Crippen molar-refractivity contribution in [3.63, 3.8) is 0 Å². The summed E-state index contributed by atoms with van der Waals surface area (Å²) in [5.74, 6) is 1.13. The van der Waals surface area contributed by atoms with E-state index in [0.29, 0.717) is 31.1 Å². The summed E-state index contributed by atoms with van der Waals surface area (Å²) >= 11 is 0. The number of aliphatic hydroxyl groups excluding tert-OH is 1. The van der Waals surface area contributed by atoms with Crippen LogP contribution in [0.4, 0.5) is 4.39 Å². The molecule has 3 aromatic rings. The number of ether oxygens (including phenoxy) is 6. The van der Waals surface area contributed by atoms with Crippen LogP contribution < -0.4 is 14.2 Å². The molecule has 40 heavy (non-hydrogen) atoms. The van der Waals surface area contributed by atoms with Crippen molar-refractivity contribution in [1.82, 2.24) is 0 Å². The lowest BCUT2D eigenvalue weighted by molar-refractivity contribution is -0.156. The van der Waals surface area contributed by atoms with Crippen LogP contribution in [0.2, 0.25) is 0 Å². The lowest BCUT2D eigenvalue weighted by Gasteiger charge is -2.21. The van der Waals surface area contributed by atoms with Gasteiger partial charge in [-0.2, -0.15) is 0 Å². The first-order valence-electron chi connectivity index (χ1n) is 12.9. The molecule has 0 aliphatic carbocycles. The van der Waals surface area contributed by atoms with Crippen molar-refractivity contribution in [2.45, 2.75) is 52.3 Å². The van der Waals surface area contributed by atoms with Gasteiger partial charge in [0.25, 0.3) is 0 Å². The van der Waals surface area contributed by atoms with E-state index in [1.807, 2.05) is 48.5 Å². The molecule has 3 atom stereocenters. The highest BCUT2D eigenvalue weighted by atomic mass is 19.1. The van der Waals surface area contributed by atoms with Crippen LogP contribution in [0.1, 0.15) is 43.6 Å². The minimum atomic E-state index is -0.913. The summed E-state index contributed by atoms with van der Waals surface area (Å²) in [7, 11) is 4.67. The molecule has 0 aliphatic rings. The molecule has 0 heterocycles. The Kier molecular flexibility index (Phi) is 13.9. The Hall–Kier alpha value is -3.66. The van der Waals surface area contributed by atoms with E-state index in [2.05, 4.69) is 0 Å². The van der Waals surface area contributed by atoms with E-state index in [-0.39, 0.29) is 5.97 Å². The Morgan fingerprint density at radius 3 is 1.80 bits per heavy atom. The largest absolute Gasteiger partial charge is 0.497 e. The van der Waals surface area contributed by atoms with Crippen LogP contribution in [0.25, 0.3) is 0 Å². The molecule has 0 spiro atoms. The fourth-order valence-corrected chi connectivity index (χ4v) is 3.49. The van der Waals surface area contributed by atoms with Gasteiger partial charge in [0, 0.05) is 11.6 Å². The molecule has 0 bridgehead atoms. The number of carbonyl (C=O) groups excluding carboxylic acids is 1. The maximum absolute atomic E-state index is 13.2. The van der Waals surface area contributed by atoms with Crippen LogP contribution in [0, 0.1) is 5.82 Å². The quantitative estimate of drug-likeness (QED) is 0.269. The summed E-state index contributed by atoms with van der Waals surface area (Å²) in [4.78, 5) is 11.3. The number of halogens is 1. The first-order valence-corrected chi connectivity index (χ1v) is 12.9. The molecule has 0 radical (unpaired) electrons. The lowest BCUT2D eigenvalue weighted by Crippen LogP contribution is -2.23. The molecule has 0 aromatic heterocycles. The summed E-state index contributed by atoms with van der Waals surface area (Å²) in [5.41, 5.74) is 2.45. The van der Waals surface area contributed by atoms with Gasteiger partial charge in [0.2, 0.25) is 0 Å². The van der Waals surface area contributed by atoms with Gasteiger partial charge in [-0.15, -0.1) is 0 Å². The van der Waals surface area contributed by atoms with Crippen molar-refractivity contribution < 1.29 is 42.7 Å². The molecular formula is C31H39FO8. The van der Waals surface area contributed by atoms with Gasteiger partial charge in [-0.25, -0.2) is 9.18 Å². The lowest BCUT2D eigenvalue weighted by atomic mass is 10.0. The van der Waals surface area contributed by atoms with Crippen molar-refractivity contribution in [1.29, 1.82) is 0 Å². The molecule has 0 unspecified atom stereocenters. The van der Waals surface area contributed by atoms with E-state index < -0.39 is 24.1 Å². The van der Waals surface area contributed by atoms with Gasteiger partial charge < -0.3 is 33.5 Å². The van der Waals surface area contributed by atoms with Gasteiger partial charge in [0.05, 0.1) is 47.3 Å². The molecular weight excluding hydrogens is 519 g/mol. The molecule has 0 saturated heterocycles. The summed E-state index contributed by atoms with van der Waals surface area (Å²) in [5, 5.41) is 10.4. The second kappa shape index (κ2) is 17.1. The molecule has 218 valence electrons. The third-order valence-corrected chi connectivity index (χ3v) is 5.91. The second-order valence-electron chi connectivity index (χ2n) is 8.75. The molecule has 0 amide bonds. The summed E-state index contributed by atoms with van der Waals surface area (Å²) in [6.45, 7) is 6.32. The highest BCUT2D eigenvalue weighted by Gasteiger charge is 2.21. The number of esters is 1. The number of aliphatic hydroxyl groups is 1. The Morgan fingerprint density at radius 1 is 0.800 bits per heavy atom. The average Bonchev–Trinajstić information content (AvgIpc) is 2.99. The molecule has 0 aliphatic heterocycles. The topological polar surface area (TPSA) is 92.7 Å². The second-order valence-corrected chi connectivity index (χ2v) is 8.75. The molecule has 9 heteroatoms. The number of rotatable bonds is 13. The Labute approximate surface area is 235 Å². The van der Waals surface area contributed by atoms with Gasteiger partial charge in [-0.1, -0.05) is 24.3 Å². The summed E-state index contributed by atoms with van der Waals surface area (Å²) in [6, 6.07) is 19.0. The zero-order chi connectivity index (χ0) is 29.5. The molecule has 8 nitrogen and oxygen atoms in total.